The number of aryl methyl sites for hydroxylation is 1. The highest BCUT2D eigenvalue weighted by molar-refractivity contribution is 6.04. The molecule has 5 heteroatoms. The van der Waals surface area contributed by atoms with Gasteiger partial charge in [-0.2, -0.15) is 0 Å². The summed E-state index contributed by atoms with van der Waals surface area (Å²) >= 11 is 0. The molecule has 1 atom stereocenters. The molecule has 0 saturated carbocycles. The molecule has 5 nitrogen and oxygen atoms in total. The van der Waals surface area contributed by atoms with Gasteiger partial charge in [-0.05, 0) is 55.8 Å². The van der Waals surface area contributed by atoms with Gasteiger partial charge in [0.1, 0.15) is 5.82 Å². The van der Waals surface area contributed by atoms with Crippen molar-refractivity contribution < 1.29 is 4.79 Å². The van der Waals surface area contributed by atoms with E-state index in [2.05, 4.69) is 27.5 Å². The van der Waals surface area contributed by atoms with E-state index < -0.39 is 0 Å². The van der Waals surface area contributed by atoms with Crippen molar-refractivity contribution in [2.75, 3.05) is 10.6 Å². The average Bonchev–Trinajstić information content (AvgIpc) is 2.63. The number of nitrogens with one attached hydrogen (secondary N) is 2. The van der Waals surface area contributed by atoms with Gasteiger partial charge in [0, 0.05) is 35.4 Å². The summed E-state index contributed by atoms with van der Waals surface area (Å²) in [5.74, 6) is 0.702. The van der Waals surface area contributed by atoms with Crippen LogP contribution in [0, 0.1) is 6.92 Å². The molecule has 2 N–H and O–H groups in total. The van der Waals surface area contributed by atoms with Gasteiger partial charge in [-0.25, -0.2) is 4.98 Å². The fourth-order valence-electron chi connectivity index (χ4n) is 2.49. The van der Waals surface area contributed by atoms with Crippen molar-refractivity contribution in [2.24, 2.45) is 0 Å². The smallest absolute Gasteiger partial charge is 0.255 e. The molecule has 25 heavy (non-hydrogen) atoms. The number of nitrogens with zero attached hydrogens (tertiary/aromatic N) is 2. The van der Waals surface area contributed by atoms with Gasteiger partial charge < -0.3 is 10.6 Å². The number of hydrogen-bond donors (Lipinski definition) is 2. The van der Waals surface area contributed by atoms with Gasteiger partial charge in [0.15, 0.2) is 0 Å². The Bertz CT molecular complexity index is 847. The Hall–Kier alpha value is -3.21. The molecule has 0 aliphatic heterocycles. The lowest BCUT2D eigenvalue weighted by atomic mass is 10.1. The fraction of sp³-hybridized carbons (Fsp3) is 0.150. The molecule has 0 radical (unpaired) electrons. The minimum Gasteiger partial charge on any atom is -0.364 e. The zero-order chi connectivity index (χ0) is 17.6. The van der Waals surface area contributed by atoms with Crippen molar-refractivity contribution in [3.05, 3.63) is 83.8 Å². The van der Waals surface area contributed by atoms with E-state index in [1.165, 1.54) is 0 Å². The monoisotopic (exact) mass is 332 g/mol. The molecule has 1 unspecified atom stereocenters. The summed E-state index contributed by atoms with van der Waals surface area (Å²) in [5, 5.41) is 6.26. The largest absolute Gasteiger partial charge is 0.364 e. The van der Waals surface area contributed by atoms with Gasteiger partial charge in [0.25, 0.3) is 5.91 Å². The molecule has 0 bridgehead atoms. The van der Waals surface area contributed by atoms with Gasteiger partial charge in [-0.15, -0.1) is 0 Å². The number of carbonyl (C=O) groups is 1. The van der Waals surface area contributed by atoms with Crippen LogP contribution in [0.15, 0.2) is 67.0 Å². The molecular formula is C20H20N4O. The predicted octanol–water partition coefficient (Wildman–Crippen LogP) is 4.21. The number of benzene rings is 1. The number of amides is 1. The van der Waals surface area contributed by atoms with Crippen LogP contribution in [-0.2, 0) is 0 Å². The Kier molecular flexibility index (Phi) is 5.04. The number of pyridine rings is 2. The maximum Gasteiger partial charge on any atom is 0.255 e. The van der Waals surface area contributed by atoms with E-state index >= 15 is 0 Å². The fourth-order valence-corrected chi connectivity index (χ4v) is 2.49. The first-order valence-corrected chi connectivity index (χ1v) is 8.13. The van der Waals surface area contributed by atoms with Crippen LogP contribution in [0.5, 0.6) is 0 Å². The lowest BCUT2D eigenvalue weighted by Gasteiger charge is -2.16. The molecule has 0 aliphatic carbocycles. The minimum atomic E-state index is -0.148. The lowest BCUT2D eigenvalue weighted by molar-refractivity contribution is 0.102. The van der Waals surface area contributed by atoms with Crippen molar-refractivity contribution in [1.29, 1.82) is 0 Å². The summed E-state index contributed by atoms with van der Waals surface area (Å²) in [5.41, 5.74) is 3.43. The van der Waals surface area contributed by atoms with E-state index in [4.69, 9.17) is 0 Å². The Morgan fingerprint density at radius 3 is 2.40 bits per heavy atom. The molecule has 1 aromatic carbocycles. The summed E-state index contributed by atoms with van der Waals surface area (Å²) in [4.78, 5) is 20.5. The number of carbonyl (C=O) groups excluding carboxylic acids is 1. The predicted molar refractivity (Wildman–Crippen MR) is 99.6 cm³/mol. The van der Waals surface area contributed by atoms with Gasteiger partial charge in [0.2, 0.25) is 0 Å². The van der Waals surface area contributed by atoms with Crippen LogP contribution in [0.3, 0.4) is 0 Å². The summed E-state index contributed by atoms with van der Waals surface area (Å²) in [6.45, 7) is 4.05. The van der Waals surface area contributed by atoms with Crippen LogP contribution >= 0.6 is 0 Å². The normalized spacial score (nSPS) is 11.6. The number of aromatic nitrogens is 2. The second kappa shape index (κ2) is 7.57. The third kappa shape index (κ3) is 4.41. The molecule has 0 spiro atoms. The van der Waals surface area contributed by atoms with Gasteiger partial charge >= 0.3 is 0 Å². The third-order valence-electron chi connectivity index (χ3n) is 3.86. The summed E-state index contributed by atoms with van der Waals surface area (Å²) < 4.78 is 0. The summed E-state index contributed by atoms with van der Waals surface area (Å²) in [6, 6.07) is 17.2. The van der Waals surface area contributed by atoms with Crippen LogP contribution in [-0.4, -0.2) is 15.9 Å². The molecule has 1 amide bonds. The van der Waals surface area contributed by atoms with E-state index in [0.29, 0.717) is 5.56 Å². The number of hydrogen-bond acceptors (Lipinski definition) is 4. The molecule has 3 rings (SSSR count). The van der Waals surface area contributed by atoms with Crippen molar-refractivity contribution in [3.63, 3.8) is 0 Å². The first kappa shape index (κ1) is 16.6. The van der Waals surface area contributed by atoms with E-state index in [1.54, 1.807) is 24.5 Å². The van der Waals surface area contributed by atoms with Crippen LogP contribution < -0.4 is 10.6 Å². The highest BCUT2D eigenvalue weighted by Crippen LogP contribution is 2.20. The maximum atomic E-state index is 12.1. The Labute approximate surface area is 147 Å². The Balaban J connectivity index is 1.64. The van der Waals surface area contributed by atoms with E-state index in [9.17, 15) is 4.79 Å². The first-order chi connectivity index (χ1) is 12.1. The quantitative estimate of drug-likeness (QED) is 0.734. The molecule has 126 valence electrons. The lowest BCUT2D eigenvalue weighted by Crippen LogP contribution is -2.12. The zero-order valence-corrected chi connectivity index (χ0v) is 14.2. The van der Waals surface area contributed by atoms with Crippen molar-refractivity contribution in [2.45, 2.75) is 19.9 Å². The molecule has 2 aromatic heterocycles. The van der Waals surface area contributed by atoms with Gasteiger partial charge in [0.05, 0.1) is 0 Å². The summed E-state index contributed by atoms with van der Waals surface area (Å²) in [7, 11) is 0. The second-order valence-electron chi connectivity index (χ2n) is 5.84. The topological polar surface area (TPSA) is 66.9 Å². The molecule has 3 aromatic rings. The number of anilines is 2. The Morgan fingerprint density at radius 1 is 1.00 bits per heavy atom. The Morgan fingerprint density at radius 2 is 1.72 bits per heavy atom. The zero-order valence-electron chi connectivity index (χ0n) is 14.2. The van der Waals surface area contributed by atoms with Crippen LogP contribution in [0.4, 0.5) is 11.5 Å². The van der Waals surface area contributed by atoms with E-state index in [0.717, 1.165) is 22.8 Å². The standard InChI is InChI=1S/C20H20N4O/c1-14-4-3-5-19(22-14)23-15(2)16-6-8-18(9-7-16)24-20(25)17-10-12-21-13-11-17/h3-13,15H,1-2H3,(H,22,23)(H,24,25). The van der Waals surface area contributed by atoms with E-state index in [1.807, 2.05) is 49.4 Å². The molecular weight excluding hydrogens is 312 g/mol. The van der Waals surface area contributed by atoms with E-state index in [-0.39, 0.29) is 11.9 Å². The molecule has 2 heterocycles. The number of rotatable bonds is 5. The van der Waals surface area contributed by atoms with Gasteiger partial charge in [-0.3, -0.25) is 9.78 Å². The molecule has 0 saturated heterocycles. The van der Waals surface area contributed by atoms with Crippen molar-refractivity contribution in [1.82, 2.24) is 9.97 Å². The SMILES string of the molecule is Cc1cccc(NC(C)c2ccc(NC(=O)c3ccncc3)cc2)n1. The average molecular weight is 332 g/mol. The highest BCUT2D eigenvalue weighted by Gasteiger charge is 2.08. The highest BCUT2D eigenvalue weighted by atomic mass is 16.1. The van der Waals surface area contributed by atoms with Crippen LogP contribution in [0.1, 0.15) is 34.6 Å². The van der Waals surface area contributed by atoms with Crippen LogP contribution in [0.25, 0.3) is 0 Å². The van der Waals surface area contributed by atoms with Crippen LogP contribution in [0.2, 0.25) is 0 Å². The minimum absolute atomic E-state index is 0.110. The maximum absolute atomic E-state index is 12.1. The summed E-state index contributed by atoms with van der Waals surface area (Å²) in [6.07, 6.45) is 3.20. The molecule has 0 aliphatic rings. The van der Waals surface area contributed by atoms with Crippen molar-refractivity contribution >= 4 is 17.4 Å². The van der Waals surface area contributed by atoms with Gasteiger partial charge in [-0.1, -0.05) is 18.2 Å². The molecule has 0 fully saturated rings. The third-order valence-corrected chi connectivity index (χ3v) is 3.86. The van der Waals surface area contributed by atoms with Crippen molar-refractivity contribution in [3.8, 4) is 0 Å². The second-order valence-corrected chi connectivity index (χ2v) is 5.84. The first-order valence-electron chi connectivity index (χ1n) is 8.13.